The Kier molecular flexibility index (Phi) is 5.61. The lowest BCUT2D eigenvalue weighted by atomic mass is 10.1. The number of esters is 1. The van der Waals surface area contributed by atoms with Crippen LogP contribution >= 0.6 is 0 Å². The summed E-state index contributed by atoms with van der Waals surface area (Å²) in [5.41, 5.74) is 3.53. The first-order chi connectivity index (χ1) is 13.0. The van der Waals surface area contributed by atoms with Gasteiger partial charge in [-0.15, -0.1) is 0 Å². The van der Waals surface area contributed by atoms with Gasteiger partial charge in [0.15, 0.2) is 0 Å². The number of anilines is 1. The number of rotatable bonds is 5. The normalized spacial score (nSPS) is 11.5. The third kappa shape index (κ3) is 4.58. The van der Waals surface area contributed by atoms with Crippen LogP contribution < -0.4 is 5.32 Å². The highest BCUT2D eigenvalue weighted by atomic mass is 16.5. The van der Waals surface area contributed by atoms with Crippen molar-refractivity contribution < 1.29 is 14.3 Å². The minimum absolute atomic E-state index is 0.290. The van der Waals surface area contributed by atoms with E-state index < -0.39 is 18.0 Å². The second-order valence-corrected chi connectivity index (χ2v) is 6.25. The summed E-state index contributed by atoms with van der Waals surface area (Å²) in [4.78, 5) is 29.3. The van der Waals surface area contributed by atoms with Crippen LogP contribution in [0.2, 0.25) is 0 Å². The predicted molar refractivity (Wildman–Crippen MR) is 103 cm³/mol. The number of hydrogen-bond acceptors (Lipinski definition) is 4. The summed E-state index contributed by atoms with van der Waals surface area (Å²) in [7, 11) is 0. The van der Waals surface area contributed by atoms with E-state index in [1.807, 2.05) is 38.1 Å². The molecule has 3 aromatic rings. The third-order valence-corrected chi connectivity index (χ3v) is 4.11. The maximum absolute atomic E-state index is 12.9. The van der Waals surface area contributed by atoms with E-state index in [4.69, 9.17) is 4.74 Å². The minimum Gasteiger partial charge on any atom is -0.444 e. The van der Waals surface area contributed by atoms with Gasteiger partial charge in [0.05, 0.1) is 5.56 Å². The lowest BCUT2D eigenvalue weighted by Crippen LogP contribution is -2.26. The molecule has 0 aliphatic heterocycles. The Morgan fingerprint density at radius 3 is 2.48 bits per heavy atom. The number of hydrogen-bond donors (Lipinski definition) is 1. The Morgan fingerprint density at radius 2 is 1.78 bits per heavy atom. The Morgan fingerprint density at radius 1 is 1.00 bits per heavy atom. The van der Waals surface area contributed by atoms with Gasteiger partial charge in [-0.25, -0.2) is 4.79 Å². The number of nitrogens with one attached hydrogen (secondary N) is 1. The van der Waals surface area contributed by atoms with Gasteiger partial charge in [-0.2, -0.15) is 0 Å². The standard InChI is InChI=1S/C22H20N2O3/c1-15-10-11-16(2)19(13-15)24-21(25)20(17-7-4-3-5-8-17)27-22(26)18-9-6-12-23-14-18/h3-14,20H,1-2H3,(H,24,25)/t20-/m0/s1. The second kappa shape index (κ2) is 8.27. The topological polar surface area (TPSA) is 68.3 Å². The molecule has 0 bridgehead atoms. The highest BCUT2D eigenvalue weighted by Crippen LogP contribution is 2.23. The molecular weight excluding hydrogens is 340 g/mol. The van der Waals surface area contributed by atoms with E-state index in [1.165, 1.54) is 6.20 Å². The van der Waals surface area contributed by atoms with Gasteiger partial charge in [0.25, 0.3) is 5.91 Å². The molecular formula is C22H20N2O3. The van der Waals surface area contributed by atoms with E-state index in [2.05, 4.69) is 10.3 Å². The maximum atomic E-state index is 12.9. The molecule has 2 aromatic carbocycles. The van der Waals surface area contributed by atoms with Crippen LogP contribution in [0.3, 0.4) is 0 Å². The predicted octanol–water partition coefficient (Wildman–Crippen LogP) is 4.24. The third-order valence-electron chi connectivity index (χ3n) is 4.11. The van der Waals surface area contributed by atoms with Gasteiger partial charge in [0, 0.05) is 23.6 Å². The molecule has 1 aromatic heterocycles. The van der Waals surface area contributed by atoms with Crippen LogP contribution in [-0.4, -0.2) is 16.9 Å². The Hall–Kier alpha value is -3.47. The smallest absolute Gasteiger partial charge is 0.340 e. The number of nitrogens with zero attached hydrogens (tertiary/aromatic N) is 1. The van der Waals surface area contributed by atoms with Crippen molar-refractivity contribution >= 4 is 17.6 Å². The zero-order chi connectivity index (χ0) is 19.2. The largest absolute Gasteiger partial charge is 0.444 e. The molecule has 27 heavy (non-hydrogen) atoms. The van der Waals surface area contributed by atoms with Crippen LogP contribution in [0.4, 0.5) is 5.69 Å². The first kappa shape index (κ1) is 18.3. The highest BCUT2D eigenvalue weighted by Gasteiger charge is 2.26. The van der Waals surface area contributed by atoms with Gasteiger partial charge in [-0.05, 0) is 43.2 Å². The molecule has 1 N–H and O–H groups in total. The molecule has 5 heteroatoms. The Balaban J connectivity index is 1.87. The molecule has 0 fully saturated rings. The number of aromatic nitrogens is 1. The lowest BCUT2D eigenvalue weighted by Gasteiger charge is -2.19. The van der Waals surface area contributed by atoms with E-state index in [-0.39, 0.29) is 5.56 Å². The van der Waals surface area contributed by atoms with Crippen molar-refractivity contribution in [3.63, 3.8) is 0 Å². The zero-order valence-corrected chi connectivity index (χ0v) is 15.2. The monoisotopic (exact) mass is 360 g/mol. The molecule has 0 aliphatic carbocycles. The molecule has 1 amide bonds. The quantitative estimate of drug-likeness (QED) is 0.691. The number of benzene rings is 2. The van der Waals surface area contributed by atoms with Crippen molar-refractivity contribution in [3.8, 4) is 0 Å². The van der Waals surface area contributed by atoms with E-state index in [0.717, 1.165) is 11.1 Å². The number of aryl methyl sites for hydroxylation is 2. The molecule has 0 saturated heterocycles. The van der Waals surface area contributed by atoms with Gasteiger partial charge in [-0.3, -0.25) is 9.78 Å². The molecule has 0 spiro atoms. The summed E-state index contributed by atoms with van der Waals surface area (Å²) in [6.45, 7) is 3.86. The van der Waals surface area contributed by atoms with Crippen molar-refractivity contribution in [2.45, 2.75) is 20.0 Å². The molecule has 1 heterocycles. The van der Waals surface area contributed by atoms with Gasteiger partial charge in [0.1, 0.15) is 0 Å². The van der Waals surface area contributed by atoms with Crippen LogP contribution in [0, 0.1) is 13.8 Å². The summed E-state index contributed by atoms with van der Waals surface area (Å²) >= 11 is 0. The molecule has 136 valence electrons. The van der Waals surface area contributed by atoms with E-state index in [0.29, 0.717) is 11.3 Å². The van der Waals surface area contributed by atoms with Crippen LogP contribution in [-0.2, 0) is 9.53 Å². The van der Waals surface area contributed by atoms with Gasteiger partial charge >= 0.3 is 5.97 Å². The van der Waals surface area contributed by atoms with Gasteiger partial charge in [0.2, 0.25) is 6.10 Å². The van der Waals surface area contributed by atoms with Crippen LogP contribution in [0.15, 0.2) is 73.1 Å². The number of carbonyl (C=O) groups is 2. The number of carbonyl (C=O) groups excluding carboxylic acids is 2. The van der Waals surface area contributed by atoms with Crippen molar-refractivity contribution in [2.75, 3.05) is 5.32 Å². The van der Waals surface area contributed by atoms with Crippen molar-refractivity contribution in [1.29, 1.82) is 0 Å². The van der Waals surface area contributed by atoms with Gasteiger partial charge in [-0.1, -0.05) is 42.5 Å². The van der Waals surface area contributed by atoms with Crippen LogP contribution in [0.5, 0.6) is 0 Å². The molecule has 0 unspecified atom stereocenters. The summed E-state index contributed by atoms with van der Waals surface area (Å²) < 4.78 is 5.54. The van der Waals surface area contributed by atoms with Crippen molar-refractivity contribution in [2.24, 2.45) is 0 Å². The lowest BCUT2D eigenvalue weighted by molar-refractivity contribution is -0.125. The van der Waals surface area contributed by atoms with Crippen LogP contribution in [0.25, 0.3) is 0 Å². The summed E-state index contributed by atoms with van der Waals surface area (Å²) in [5, 5.41) is 2.87. The molecule has 3 rings (SSSR count). The number of pyridine rings is 1. The Labute approximate surface area is 158 Å². The highest BCUT2D eigenvalue weighted by molar-refractivity contribution is 5.98. The fraction of sp³-hybridized carbons (Fsp3) is 0.136. The Bertz CT molecular complexity index is 940. The summed E-state index contributed by atoms with van der Waals surface area (Å²) in [6.07, 6.45) is 1.91. The number of amides is 1. The molecule has 0 saturated carbocycles. The van der Waals surface area contributed by atoms with E-state index in [1.54, 1.807) is 42.6 Å². The fourth-order valence-corrected chi connectivity index (χ4v) is 2.63. The zero-order valence-electron chi connectivity index (χ0n) is 15.2. The average molecular weight is 360 g/mol. The molecule has 0 aliphatic rings. The van der Waals surface area contributed by atoms with E-state index >= 15 is 0 Å². The first-order valence-corrected chi connectivity index (χ1v) is 8.58. The summed E-state index contributed by atoms with van der Waals surface area (Å²) in [6, 6.07) is 18.0. The summed E-state index contributed by atoms with van der Waals surface area (Å²) in [5.74, 6) is -1.01. The van der Waals surface area contributed by atoms with Crippen LogP contribution in [0.1, 0.15) is 33.2 Å². The molecule has 1 atom stereocenters. The number of ether oxygens (including phenoxy) is 1. The molecule has 0 radical (unpaired) electrons. The van der Waals surface area contributed by atoms with Crippen molar-refractivity contribution in [3.05, 3.63) is 95.3 Å². The van der Waals surface area contributed by atoms with E-state index in [9.17, 15) is 9.59 Å². The van der Waals surface area contributed by atoms with Crippen molar-refractivity contribution in [1.82, 2.24) is 4.98 Å². The first-order valence-electron chi connectivity index (χ1n) is 8.58. The minimum atomic E-state index is -1.07. The SMILES string of the molecule is Cc1ccc(C)c(NC(=O)[C@@H](OC(=O)c2cccnc2)c2ccccc2)c1. The second-order valence-electron chi connectivity index (χ2n) is 6.25. The maximum Gasteiger partial charge on any atom is 0.340 e. The molecule has 5 nitrogen and oxygen atoms in total. The fourth-order valence-electron chi connectivity index (χ4n) is 2.63. The van der Waals surface area contributed by atoms with Gasteiger partial charge < -0.3 is 10.1 Å². The average Bonchev–Trinajstić information content (AvgIpc) is 2.70.